The van der Waals surface area contributed by atoms with E-state index in [0.29, 0.717) is 11.6 Å². The second-order valence-corrected chi connectivity index (χ2v) is 7.40. The molecular weight excluding hydrogens is 459 g/mol. The van der Waals surface area contributed by atoms with Crippen LogP contribution in [0.4, 0.5) is 18.9 Å². The average Bonchev–Trinajstić information content (AvgIpc) is 2.77. The third-order valence-electron chi connectivity index (χ3n) is 4.86. The van der Waals surface area contributed by atoms with Crippen molar-refractivity contribution in [2.75, 3.05) is 11.9 Å². The van der Waals surface area contributed by atoms with Crippen LogP contribution in [0.2, 0.25) is 0 Å². The molecule has 2 atom stereocenters. The van der Waals surface area contributed by atoms with Gasteiger partial charge in [0.15, 0.2) is 0 Å². The lowest BCUT2D eigenvalue weighted by Gasteiger charge is -2.20. The summed E-state index contributed by atoms with van der Waals surface area (Å²) in [5.41, 5.74) is 3.30. The van der Waals surface area contributed by atoms with Gasteiger partial charge in [-0.05, 0) is 29.8 Å². The minimum atomic E-state index is -4.79. The van der Waals surface area contributed by atoms with Crippen LogP contribution in [0.1, 0.15) is 11.1 Å². The van der Waals surface area contributed by atoms with E-state index >= 15 is 0 Å². The number of hydrogen-bond donors (Lipinski definition) is 5. The van der Waals surface area contributed by atoms with E-state index in [9.17, 15) is 32.7 Å². The highest BCUT2D eigenvalue weighted by Crippen LogP contribution is 2.34. The van der Waals surface area contributed by atoms with E-state index in [1.807, 2.05) is 0 Å². The maximum Gasteiger partial charge on any atom is 0.417 e. The monoisotopic (exact) mass is 479 g/mol. The van der Waals surface area contributed by atoms with E-state index in [4.69, 9.17) is 15.3 Å². The van der Waals surface area contributed by atoms with E-state index < -0.39 is 47.9 Å². The van der Waals surface area contributed by atoms with Crippen molar-refractivity contribution in [3.63, 3.8) is 0 Å². The Labute approximate surface area is 190 Å². The van der Waals surface area contributed by atoms with Crippen LogP contribution < -0.4 is 22.0 Å². The molecule has 0 spiro atoms. The normalized spacial score (nSPS) is 13.3. The molecule has 0 saturated carbocycles. The van der Waals surface area contributed by atoms with Gasteiger partial charge in [0.1, 0.15) is 23.4 Å². The molecule has 0 aliphatic rings. The number of phenols is 1. The molecule has 0 saturated heterocycles. The fourth-order valence-electron chi connectivity index (χ4n) is 3.14. The summed E-state index contributed by atoms with van der Waals surface area (Å²) in [6.45, 7) is -0.662. The van der Waals surface area contributed by atoms with E-state index in [2.05, 4.69) is 10.6 Å². The van der Waals surface area contributed by atoms with Crippen molar-refractivity contribution in [2.24, 2.45) is 5.73 Å². The predicted octanol–water partition coefficient (Wildman–Crippen LogP) is 1.50. The van der Waals surface area contributed by atoms with Crippen molar-refractivity contribution in [1.82, 2.24) is 5.32 Å². The topological polar surface area (TPSA) is 155 Å². The Morgan fingerprint density at radius 1 is 1.06 bits per heavy atom. The third kappa shape index (κ3) is 5.91. The first-order valence-corrected chi connectivity index (χ1v) is 9.88. The number of hydrogen-bond acceptors (Lipinski definition) is 7. The number of benzene rings is 2. The van der Waals surface area contributed by atoms with Crippen molar-refractivity contribution in [2.45, 2.75) is 24.7 Å². The van der Waals surface area contributed by atoms with Gasteiger partial charge in [-0.25, -0.2) is 4.79 Å². The number of aromatic hydroxyl groups is 1. The maximum atomic E-state index is 13.2. The molecule has 0 radical (unpaired) electrons. The molecule has 180 valence electrons. The highest BCUT2D eigenvalue weighted by molar-refractivity contribution is 5.99. The van der Waals surface area contributed by atoms with E-state index in [-0.39, 0.29) is 28.8 Å². The number of carbonyl (C=O) groups excluding carboxylic acids is 2. The summed E-state index contributed by atoms with van der Waals surface area (Å²) in [6.07, 6.45) is -4.82. The van der Waals surface area contributed by atoms with Crippen molar-refractivity contribution in [3.8, 4) is 5.75 Å². The first-order chi connectivity index (χ1) is 16.0. The Kier molecular flexibility index (Phi) is 7.23. The summed E-state index contributed by atoms with van der Waals surface area (Å²) in [4.78, 5) is 36.6. The van der Waals surface area contributed by atoms with Crippen LogP contribution in [0.5, 0.6) is 5.75 Å². The number of halogens is 3. The Morgan fingerprint density at radius 2 is 1.74 bits per heavy atom. The van der Waals surface area contributed by atoms with Crippen LogP contribution in [0.15, 0.2) is 57.7 Å². The number of phenolic OH excluding ortho intramolecular Hbond substituents is 1. The summed E-state index contributed by atoms with van der Waals surface area (Å²) in [6, 6.07) is 6.97. The van der Waals surface area contributed by atoms with Gasteiger partial charge in [-0.1, -0.05) is 12.1 Å². The lowest BCUT2D eigenvalue weighted by atomic mass is 10.0. The number of amides is 2. The second-order valence-electron chi connectivity index (χ2n) is 7.40. The molecule has 0 fully saturated rings. The summed E-state index contributed by atoms with van der Waals surface area (Å²) in [5, 5.41) is 23.0. The first-order valence-electron chi connectivity index (χ1n) is 9.88. The standard InChI is InChI=1S/C22H20F3N3O6/c23-22(24,25)15-9-19(31)34-18-8-12(3-6-14(15)18)27-21(33)17(28-20(32)16(26)10-29)7-11-1-4-13(30)5-2-11/h1-6,8-9,16-17,29-30H,7,10,26H2,(H,27,33)(H,28,32). The maximum absolute atomic E-state index is 13.2. The minimum absolute atomic E-state index is 0.00743. The largest absolute Gasteiger partial charge is 0.508 e. The number of nitrogens with one attached hydrogen (secondary N) is 2. The van der Waals surface area contributed by atoms with Crippen LogP contribution in [-0.2, 0) is 22.2 Å². The van der Waals surface area contributed by atoms with Crippen LogP contribution in [0.25, 0.3) is 11.0 Å². The fraction of sp³-hybridized carbons (Fsp3) is 0.227. The number of carbonyl (C=O) groups is 2. The number of nitrogens with two attached hydrogens (primary N) is 1. The Balaban J connectivity index is 1.89. The van der Waals surface area contributed by atoms with Gasteiger partial charge in [-0.3, -0.25) is 9.59 Å². The molecule has 3 aromatic rings. The number of fused-ring (bicyclic) bond motifs is 1. The first kappa shape index (κ1) is 24.7. The number of alkyl halides is 3. The number of rotatable bonds is 7. The number of aliphatic hydroxyl groups excluding tert-OH is 1. The highest BCUT2D eigenvalue weighted by Gasteiger charge is 2.34. The van der Waals surface area contributed by atoms with Gasteiger partial charge >= 0.3 is 11.8 Å². The molecule has 9 nitrogen and oxygen atoms in total. The molecular formula is C22H20F3N3O6. The number of aliphatic hydroxyl groups is 1. The Bertz CT molecular complexity index is 1260. The van der Waals surface area contributed by atoms with Gasteiger partial charge in [0.05, 0.1) is 12.2 Å². The van der Waals surface area contributed by atoms with Crippen LogP contribution >= 0.6 is 0 Å². The van der Waals surface area contributed by atoms with Gasteiger partial charge < -0.3 is 31.0 Å². The zero-order valence-corrected chi connectivity index (χ0v) is 17.4. The molecule has 2 unspecified atom stereocenters. The van der Waals surface area contributed by atoms with Crippen LogP contribution in [0, 0.1) is 0 Å². The van der Waals surface area contributed by atoms with Crippen molar-refractivity contribution < 1.29 is 37.4 Å². The molecule has 3 rings (SSSR count). The Hall–Kier alpha value is -3.90. The van der Waals surface area contributed by atoms with Gasteiger partial charge in [0, 0.05) is 29.6 Å². The lowest BCUT2D eigenvalue weighted by Crippen LogP contribution is -2.52. The lowest BCUT2D eigenvalue weighted by molar-refractivity contribution is -0.136. The molecule has 12 heteroatoms. The second kappa shape index (κ2) is 9.93. The smallest absolute Gasteiger partial charge is 0.417 e. The van der Waals surface area contributed by atoms with E-state index in [0.717, 1.165) is 12.1 Å². The molecule has 2 aromatic carbocycles. The average molecular weight is 479 g/mol. The van der Waals surface area contributed by atoms with E-state index in [1.165, 1.54) is 30.3 Å². The van der Waals surface area contributed by atoms with Crippen molar-refractivity contribution in [3.05, 3.63) is 70.1 Å². The van der Waals surface area contributed by atoms with Gasteiger partial charge in [-0.15, -0.1) is 0 Å². The molecule has 1 heterocycles. The molecule has 1 aromatic heterocycles. The predicted molar refractivity (Wildman–Crippen MR) is 115 cm³/mol. The highest BCUT2D eigenvalue weighted by atomic mass is 19.4. The van der Waals surface area contributed by atoms with Gasteiger partial charge in [-0.2, -0.15) is 13.2 Å². The van der Waals surface area contributed by atoms with Crippen LogP contribution in [0.3, 0.4) is 0 Å². The Morgan fingerprint density at radius 3 is 2.35 bits per heavy atom. The fourth-order valence-corrected chi connectivity index (χ4v) is 3.14. The molecule has 6 N–H and O–H groups in total. The summed E-state index contributed by atoms with van der Waals surface area (Å²) >= 11 is 0. The molecule has 2 amide bonds. The van der Waals surface area contributed by atoms with Crippen molar-refractivity contribution >= 4 is 28.5 Å². The summed E-state index contributed by atoms with van der Waals surface area (Å²) in [7, 11) is 0. The zero-order valence-electron chi connectivity index (χ0n) is 17.4. The summed E-state index contributed by atoms with van der Waals surface area (Å²) < 4.78 is 44.5. The molecule has 0 bridgehead atoms. The quantitative estimate of drug-likeness (QED) is 0.322. The summed E-state index contributed by atoms with van der Waals surface area (Å²) in [5.74, 6) is -1.56. The molecule has 0 aliphatic carbocycles. The van der Waals surface area contributed by atoms with Gasteiger partial charge in [0.25, 0.3) is 0 Å². The number of anilines is 1. The third-order valence-corrected chi connectivity index (χ3v) is 4.86. The minimum Gasteiger partial charge on any atom is -0.508 e. The molecule has 0 aliphatic heterocycles. The zero-order chi connectivity index (χ0) is 25.0. The van der Waals surface area contributed by atoms with Crippen LogP contribution in [-0.4, -0.2) is 40.7 Å². The van der Waals surface area contributed by atoms with E-state index in [1.54, 1.807) is 0 Å². The van der Waals surface area contributed by atoms with Gasteiger partial charge in [0.2, 0.25) is 11.8 Å². The van der Waals surface area contributed by atoms with Crippen molar-refractivity contribution in [1.29, 1.82) is 0 Å². The SMILES string of the molecule is NC(CO)C(=O)NC(Cc1ccc(O)cc1)C(=O)Nc1ccc2c(C(F)(F)F)cc(=O)oc2c1. The molecule has 34 heavy (non-hydrogen) atoms.